The number of amides is 1. The highest BCUT2D eigenvalue weighted by atomic mass is 16.5. The fraction of sp³-hybridized carbons (Fsp3) is 0.519. The highest BCUT2D eigenvalue weighted by molar-refractivity contribution is 5.94. The van der Waals surface area contributed by atoms with Crippen LogP contribution in [0.3, 0.4) is 0 Å². The number of carbonyl (C=O) groups excluding carboxylic acids is 1. The molecule has 1 heterocycles. The van der Waals surface area contributed by atoms with Crippen LogP contribution < -0.4 is 15.4 Å². The van der Waals surface area contributed by atoms with E-state index in [1.165, 1.54) is 16.7 Å². The molecule has 1 fully saturated rings. The summed E-state index contributed by atoms with van der Waals surface area (Å²) in [7, 11) is 0. The molecule has 2 aromatic carbocycles. The summed E-state index contributed by atoms with van der Waals surface area (Å²) in [5, 5.41) is 6.77. The van der Waals surface area contributed by atoms with Crippen molar-refractivity contribution < 1.29 is 14.3 Å². The highest BCUT2D eigenvalue weighted by Crippen LogP contribution is 2.24. The lowest BCUT2D eigenvalue weighted by molar-refractivity contribution is 0.0679. The minimum absolute atomic E-state index is 0.0184. The molecule has 1 saturated heterocycles. The topological polar surface area (TPSA) is 59.6 Å². The van der Waals surface area contributed by atoms with Crippen molar-refractivity contribution in [2.75, 3.05) is 13.2 Å². The number of nitrogens with one attached hydrogen (secondary N) is 2. The number of aryl methyl sites for hydroxylation is 1. The van der Waals surface area contributed by atoms with Gasteiger partial charge in [0.2, 0.25) is 0 Å². The maximum Gasteiger partial charge on any atom is 0.251 e. The van der Waals surface area contributed by atoms with Crippen molar-refractivity contribution in [3.63, 3.8) is 0 Å². The summed E-state index contributed by atoms with van der Waals surface area (Å²) in [5.74, 6) is 0.760. The summed E-state index contributed by atoms with van der Waals surface area (Å²) in [6.45, 7) is 8.83. The van der Waals surface area contributed by atoms with E-state index in [9.17, 15) is 4.79 Å². The summed E-state index contributed by atoms with van der Waals surface area (Å²) in [5.41, 5.74) is 4.86. The van der Waals surface area contributed by atoms with Gasteiger partial charge in [0.25, 0.3) is 5.91 Å². The molecule has 2 atom stereocenters. The Morgan fingerprint density at radius 1 is 1.09 bits per heavy atom. The number of fused-ring (bicyclic) bond motifs is 1. The van der Waals surface area contributed by atoms with Gasteiger partial charge in [0.05, 0.1) is 6.10 Å². The average molecular weight is 437 g/mol. The molecule has 1 aliphatic heterocycles. The molecule has 1 aliphatic carbocycles. The first-order valence-electron chi connectivity index (χ1n) is 11.9. The van der Waals surface area contributed by atoms with Crippen molar-refractivity contribution in [1.29, 1.82) is 0 Å². The molecule has 0 saturated carbocycles. The molecule has 4 rings (SSSR count). The van der Waals surface area contributed by atoms with Crippen molar-refractivity contribution in [3.8, 4) is 5.75 Å². The van der Waals surface area contributed by atoms with E-state index in [0.717, 1.165) is 51.0 Å². The second kappa shape index (κ2) is 10.1. The van der Waals surface area contributed by atoms with Gasteiger partial charge in [-0.15, -0.1) is 0 Å². The van der Waals surface area contributed by atoms with Gasteiger partial charge in [-0.3, -0.25) is 4.79 Å². The molecule has 32 heavy (non-hydrogen) atoms. The van der Waals surface area contributed by atoms with Gasteiger partial charge in [0.1, 0.15) is 12.4 Å². The van der Waals surface area contributed by atoms with Crippen LogP contribution in [0.5, 0.6) is 5.75 Å². The standard InChI is InChI=1S/C27H36N2O3/c1-27(2,3)28-17-19-6-7-22-16-23(11-8-21(22)15-19)29-26(30)20-9-12-24(13-10-20)32-18-25-5-4-14-31-25/h6-7,9-10,12-13,15,23,25,28H,4-5,8,11,14,16-18H2,1-3H3,(H,29,30)/t23-,25-/m0/s1. The van der Waals surface area contributed by atoms with E-state index in [1.807, 2.05) is 24.3 Å². The summed E-state index contributed by atoms with van der Waals surface area (Å²) in [6, 6.07) is 14.3. The molecular formula is C27H36N2O3. The van der Waals surface area contributed by atoms with E-state index < -0.39 is 0 Å². The molecule has 2 aromatic rings. The first-order chi connectivity index (χ1) is 15.4. The highest BCUT2D eigenvalue weighted by Gasteiger charge is 2.21. The molecule has 0 aromatic heterocycles. The maximum atomic E-state index is 12.8. The Bertz CT molecular complexity index is 911. The number of hydrogen-bond acceptors (Lipinski definition) is 4. The predicted molar refractivity (Wildman–Crippen MR) is 127 cm³/mol. The van der Waals surface area contributed by atoms with Gasteiger partial charge in [-0.1, -0.05) is 18.2 Å². The van der Waals surface area contributed by atoms with E-state index in [0.29, 0.717) is 12.2 Å². The molecule has 5 nitrogen and oxygen atoms in total. The quantitative estimate of drug-likeness (QED) is 0.675. The first kappa shape index (κ1) is 22.8. The Morgan fingerprint density at radius 2 is 1.91 bits per heavy atom. The minimum Gasteiger partial charge on any atom is -0.491 e. The number of ether oxygens (including phenoxy) is 2. The van der Waals surface area contributed by atoms with E-state index in [-0.39, 0.29) is 23.6 Å². The molecule has 5 heteroatoms. The second-order valence-electron chi connectivity index (χ2n) is 10.1. The number of benzene rings is 2. The Kier molecular flexibility index (Phi) is 7.17. The largest absolute Gasteiger partial charge is 0.491 e. The molecular weight excluding hydrogens is 400 g/mol. The Labute approximate surface area is 191 Å². The van der Waals surface area contributed by atoms with Crippen molar-refractivity contribution >= 4 is 5.91 Å². The van der Waals surface area contributed by atoms with Gasteiger partial charge in [0, 0.05) is 30.3 Å². The van der Waals surface area contributed by atoms with Crippen LogP contribution in [0, 0.1) is 0 Å². The van der Waals surface area contributed by atoms with E-state index in [2.05, 4.69) is 49.6 Å². The van der Waals surface area contributed by atoms with Crippen LogP contribution in [0.25, 0.3) is 0 Å². The molecule has 0 unspecified atom stereocenters. The monoisotopic (exact) mass is 436 g/mol. The van der Waals surface area contributed by atoms with Gasteiger partial charge in [-0.25, -0.2) is 0 Å². The maximum absolute atomic E-state index is 12.8. The van der Waals surface area contributed by atoms with Gasteiger partial charge < -0.3 is 20.1 Å². The molecule has 2 aliphatic rings. The molecule has 0 bridgehead atoms. The van der Waals surface area contributed by atoms with Gasteiger partial charge in [-0.2, -0.15) is 0 Å². The lowest BCUT2D eigenvalue weighted by atomic mass is 9.87. The smallest absolute Gasteiger partial charge is 0.251 e. The Morgan fingerprint density at radius 3 is 2.62 bits per heavy atom. The number of hydrogen-bond donors (Lipinski definition) is 2. The van der Waals surface area contributed by atoms with Crippen LogP contribution in [0.15, 0.2) is 42.5 Å². The normalized spacial score (nSPS) is 20.6. The van der Waals surface area contributed by atoms with Crippen LogP contribution in [-0.2, 0) is 24.1 Å². The third-order valence-corrected chi connectivity index (χ3v) is 6.23. The first-order valence-corrected chi connectivity index (χ1v) is 11.9. The van der Waals surface area contributed by atoms with Crippen LogP contribution in [0.2, 0.25) is 0 Å². The van der Waals surface area contributed by atoms with Crippen LogP contribution in [0.1, 0.15) is 67.1 Å². The van der Waals surface area contributed by atoms with Gasteiger partial charge in [-0.05, 0) is 93.8 Å². The number of carbonyl (C=O) groups is 1. The van der Waals surface area contributed by atoms with Crippen molar-refractivity contribution in [1.82, 2.24) is 10.6 Å². The third kappa shape index (κ3) is 6.33. The lowest BCUT2D eigenvalue weighted by Crippen LogP contribution is -2.39. The minimum atomic E-state index is -0.0184. The van der Waals surface area contributed by atoms with Gasteiger partial charge in [0.15, 0.2) is 0 Å². The SMILES string of the molecule is CC(C)(C)NCc1ccc2c(c1)CC[C@H](NC(=O)c1ccc(OC[C@@H]3CCCO3)cc1)C2. The van der Waals surface area contributed by atoms with E-state index >= 15 is 0 Å². The Balaban J connectivity index is 1.28. The Hall–Kier alpha value is -2.37. The van der Waals surface area contributed by atoms with E-state index in [4.69, 9.17) is 9.47 Å². The van der Waals surface area contributed by atoms with Crippen LogP contribution >= 0.6 is 0 Å². The van der Waals surface area contributed by atoms with Crippen LogP contribution in [0.4, 0.5) is 0 Å². The van der Waals surface area contributed by atoms with Crippen molar-refractivity contribution in [3.05, 3.63) is 64.7 Å². The molecule has 0 spiro atoms. The zero-order chi connectivity index (χ0) is 22.6. The number of rotatable bonds is 7. The molecule has 2 N–H and O–H groups in total. The lowest BCUT2D eigenvalue weighted by Gasteiger charge is -2.27. The fourth-order valence-corrected chi connectivity index (χ4v) is 4.34. The summed E-state index contributed by atoms with van der Waals surface area (Å²) >= 11 is 0. The van der Waals surface area contributed by atoms with Gasteiger partial charge >= 0.3 is 0 Å². The van der Waals surface area contributed by atoms with Crippen molar-refractivity contribution in [2.24, 2.45) is 0 Å². The summed E-state index contributed by atoms with van der Waals surface area (Å²) in [6.07, 6.45) is 5.21. The second-order valence-corrected chi connectivity index (χ2v) is 10.1. The average Bonchev–Trinajstić information content (AvgIpc) is 3.30. The third-order valence-electron chi connectivity index (χ3n) is 6.23. The zero-order valence-corrected chi connectivity index (χ0v) is 19.6. The van der Waals surface area contributed by atoms with Crippen LogP contribution in [-0.4, -0.2) is 36.8 Å². The summed E-state index contributed by atoms with van der Waals surface area (Å²) < 4.78 is 11.4. The van der Waals surface area contributed by atoms with E-state index in [1.54, 1.807) is 0 Å². The molecule has 172 valence electrons. The zero-order valence-electron chi connectivity index (χ0n) is 19.6. The predicted octanol–water partition coefficient (Wildman–Crippen LogP) is 4.42. The van der Waals surface area contributed by atoms with Crippen molar-refractivity contribution in [2.45, 2.75) is 77.1 Å². The molecule has 0 radical (unpaired) electrons. The molecule has 1 amide bonds. The summed E-state index contributed by atoms with van der Waals surface area (Å²) in [4.78, 5) is 12.8. The fourth-order valence-electron chi connectivity index (χ4n) is 4.34.